The molecule has 2 aromatic carbocycles. The molecule has 0 atom stereocenters. The van der Waals surface area contributed by atoms with Crippen molar-refractivity contribution in [3.63, 3.8) is 0 Å². The van der Waals surface area contributed by atoms with E-state index in [4.69, 9.17) is 4.74 Å². The Kier molecular flexibility index (Phi) is 3.72. The predicted molar refractivity (Wildman–Crippen MR) is 92.2 cm³/mol. The molecule has 1 aromatic heterocycles. The van der Waals surface area contributed by atoms with Crippen LogP contribution in [-0.2, 0) is 0 Å². The zero-order valence-electron chi connectivity index (χ0n) is 13.4. The second-order valence-corrected chi connectivity index (χ2v) is 5.65. The Labute approximate surface area is 131 Å². The van der Waals surface area contributed by atoms with Crippen molar-refractivity contribution in [2.24, 2.45) is 0 Å². The highest BCUT2D eigenvalue weighted by molar-refractivity contribution is 5.96. The molecule has 3 aromatic rings. The first-order chi connectivity index (χ1) is 10.6. The Morgan fingerprint density at radius 1 is 1.00 bits per heavy atom. The van der Waals surface area contributed by atoms with Crippen molar-refractivity contribution in [1.82, 2.24) is 4.98 Å². The van der Waals surface area contributed by atoms with Gasteiger partial charge in [0.15, 0.2) is 0 Å². The third-order valence-corrected chi connectivity index (χ3v) is 3.83. The smallest absolute Gasteiger partial charge is 0.120 e. The second-order valence-electron chi connectivity index (χ2n) is 5.65. The molecule has 1 N–H and O–H groups in total. The van der Waals surface area contributed by atoms with Gasteiger partial charge in [0.25, 0.3) is 0 Å². The van der Waals surface area contributed by atoms with Crippen LogP contribution in [0.15, 0.2) is 42.6 Å². The Hall–Kier alpha value is -2.55. The van der Waals surface area contributed by atoms with Crippen LogP contribution in [0, 0.1) is 20.8 Å². The Morgan fingerprint density at radius 2 is 1.82 bits per heavy atom. The minimum Gasteiger partial charge on any atom is -0.497 e. The number of nitrogens with one attached hydrogen (secondary N) is 1. The summed E-state index contributed by atoms with van der Waals surface area (Å²) in [7, 11) is 1.68. The van der Waals surface area contributed by atoms with Gasteiger partial charge in [0.1, 0.15) is 5.75 Å². The van der Waals surface area contributed by atoms with Crippen LogP contribution in [0.1, 0.15) is 16.7 Å². The standard InChI is InChI=1S/C19H20N2O/c1-12-8-13(2)18-17(9-12)19(14(3)11-20-18)21-15-6-5-7-16(10-15)22-4/h5-11H,1-4H3,(H,20,21). The topological polar surface area (TPSA) is 34.1 Å². The molecule has 22 heavy (non-hydrogen) atoms. The van der Waals surface area contributed by atoms with E-state index in [9.17, 15) is 0 Å². The zero-order chi connectivity index (χ0) is 15.7. The lowest BCUT2D eigenvalue weighted by Crippen LogP contribution is -1.98. The molecule has 1 heterocycles. The van der Waals surface area contributed by atoms with E-state index in [1.807, 2.05) is 30.5 Å². The van der Waals surface area contributed by atoms with Gasteiger partial charge in [0.2, 0.25) is 0 Å². The lowest BCUT2D eigenvalue weighted by molar-refractivity contribution is 0.415. The quantitative estimate of drug-likeness (QED) is 0.744. The van der Waals surface area contributed by atoms with Gasteiger partial charge >= 0.3 is 0 Å². The predicted octanol–water partition coefficient (Wildman–Crippen LogP) is 4.91. The van der Waals surface area contributed by atoms with Crippen molar-refractivity contribution >= 4 is 22.3 Å². The zero-order valence-corrected chi connectivity index (χ0v) is 13.4. The average molecular weight is 292 g/mol. The van der Waals surface area contributed by atoms with Gasteiger partial charge in [-0.25, -0.2) is 0 Å². The molecule has 0 aliphatic heterocycles. The number of aryl methyl sites for hydroxylation is 3. The van der Waals surface area contributed by atoms with Crippen LogP contribution in [0.2, 0.25) is 0 Å². The summed E-state index contributed by atoms with van der Waals surface area (Å²) in [5.74, 6) is 0.841. The van der Waals surface area contributed by atoms with Crippen LogP contribution in [0.4, 0.5) is 11.4 Å². The molecule has 0 unspecified atom stereocenters. The van der Waals surface area contributed by atoms with Crippen LogP contribution in [0.3, 0.4) is 0 Å². The number of hydrogen-bond donors (Lipinski definition) is 1. The molecular weight excluding hydrogens is 272 g/mol. The first-order valence-electron chi connectivity index (χ1n) is 7.36. The third kappa shape index (κ3) is 2.62. The third-order valence-electron chi connectivity index (χ3n) is 3.83. The van der Waals surface area contributed by atoms with E-state index >= 15 is 0 Å². The number of anilines is 2. The van der Waals surface area contributed by atoms with Crippen molar-refractivity contribution in [3.8, 4) is 5.75 Å². The van der Waals surface area contributed by atoms with E-state index < -0.39 is 0 Å². The second kappa shape index (κ2) is 5.68. The monoisotopic (exact) mass is 292 g/mol. The molecule has 0 aliphatic rings. The lowest BCUT2D eigenvalue weighted by Gasteiger charge is -2.15. The maximum atomic E-state index is 5.30. The largest absolute Gasteiger partial charge is 0.497 e. The van der Waals surface area contributed by atoms with Crippen LogP contribution in [0.5, 0.6) is 5.75 Å². The summed E-state index contributed by atoms with van der Waals surface area (Å²) in [4.78, 5) is 4.59. The molecule has 3 nitrogen and oxygen atoms in total. The number of nitrogens with zero attached hydrogens (tertiary/aromatic N) is 1. The van der Waals surface area contributed by atoms with E-state index in [1.54, 1.807) is 7.11 Å². The molecule has 0 saturated carbocycles. The molecule has 0 radical (unpaired) electrons. The molecule has 0 saturated heterocycles. The number of methoxy groups -OCH3 is 1. The number of benzene rings is 2. The van der Waals surface area contributed by atoms with Crippen molar-refractivity contribution in [3.05, 3.63) is 59.3 Å². The SMILES string of the molecule is COc1cccc(Nc2c(C)cnc3c(C)cc(C)cc23)c1. The number of ether oxygens (including phenoxy) is 1. The Bertz CT molecular complexity index is 840. The molecule has 0 fully saturated rings. The maximum absolute atomic E-state index is 5.30. The van der Waals surface area contributed by atoms with Crippen molar-refractivity contribution in [1.29, 1.82) is 0 Å². The lowest BCUT2D eigenvalue weighted by atomic mass is 10.0. The van der Waals surface area contributed by atoms with Gasteiger partial charge in [-0.3, -0.25) is 4.98 Å². The van der Waals surface area contributed by atoms with E-state index in [2.05, 4.69) is 43.2 Å². The van der Waals surface area contributed by atoms with E-state index in [1.165, 1.54) is 11.1 Å². The summed E-state index contributed by atoms with van der Waals surface area (Å²) in [6.45, 7) is 6.30. The summed E-state index contributed by atoms with van der Waals surface area (Å²) < 4.78 is 5.30. The molecule has 0 aliphatic carbocycles. The molecule has 3 heteroatoms. The summed E-state index contributed by atoms with van der Waals surface area (Å²) in [6, 6.07) is 12.3. The normalized spacial score (nSPS) is 10.7. The molecule has 0 spiro atoms. The Balaban J connectivity index is 2.15. The fourth-order valence-corrected chi connectivity index (χ4v) is 2.77. The molecule has 0 bridgehead atoms. The highest BCUT2D eigenvalue weighted by Gasteiger charge is 2.09. The van der Waals surface area contributed by atoms with Gasteiger partial charge in [0.05, 0.1) is 18.3 Å². The van der Waals surface area contributed by atoms with Gasteiger partial charge in [-0.15, -0.1) is 0 Å². The van der Waals surface area contributed by atoms with Gasteiger partial charge in [-0.1, -0.05) is 17.7 Å². The fraction of sp³-hybridized carbons (Fsp3) is 0.211. The molecular formula is C19H20N2O. The molecule has 0 amide bonds. The molecule has 112 valence electrons. The summed E-state index contributed by atoms with van der Waals surface area (Å²) in [6.07, 6.45) is 1.92. The summed E-state index contributed by atoms with van der Waals surface area (Å²) >= 11 is 0. The number of pyridine rings is 1. The fourth-order valence-electron chi connectivity index (χ4n) is 2.77. The average Bonchev–Trinajstić information content (AvgIpc) is 2.50. The van der Waals surface area contributed by atoms with Crippen molar-refractivity contribution < 1.29 is 4.74 Å². The van der Waals surface area contributed by atoms with Crippen LogP contribution >= 0.6 is 0 Å². The maximum Gasteiger partial charge on any atom is 0.120 e. The first kappa shape index (κ1) is 14.4. The number of aromatic nitrogens is 1. The van der Waals surface area contributed by atoms with Crippen LogP contribution < -0.4 is 10.1 Å². The summed E-state index contributed by atoms with van der Waals surface area (Å²) in [5, 5.41) is 4.68. The van der Waals surface area contributed by atoms with Gasteiger partial charge in [-0.2, -0.15) is 0 Å². The molecule has 3 rings (SSSR count). The van der Waals surface area contributed by atoms with Crippen LogP contribution in [-0.4, -0.2) is 12.1 Å². The minimum atomic E-state index is 0.841. The van der Waals surface area contributed by atoms with Gasteiger partial charge in [0, 0.05) is 23.3 Å². The van der Waals surface area contributed by atoms with Gasteiger partial charge in [-0.05, 0) is 50.1 Å². The van der Waals surface area contributed by atoms with E-state index in [0.717, 1.165) is 33.6 Å². The Morgan fingerprint density at radius 3 is 2.59 bits per heavy atom. The highest BCUT2D eigenvalue weighted by atomic mass is 16.5. The van der Waals surface area contributed by atoms with Crippen LogP contribution in [0.25, 0.3) is 10.9 Å². The number of rotatable bonds is 3. The first-order valence-corrected chi connectivity index (χ1v) is 7.36. The number of hydrogen-bond acceptors (Lipinski definition) is 3. The van der Waals surface area contributed by atoms with Crippen molar-refractivity contribution in [2.45, 2.75) is 20.8 Å². The minimum absolute atomic E-state index is 0.841. The highest BCUT2D eigenvalue weighted by Crippen LogP contribution is 2.31. The van der Waals surface area contributed by atoms with Crippen molar-refractivity contribution in [2.75, 3.05) is 12.4 Å². The summed E-state index contributed by atoms with van der Waals surface area (Å²) in [5.41, 5.74) is 6.72. The van der Waals surface area contributed by atoms with E-state index in [0.29, 0.717) is 0 Å². The number of fused-ring (bicyclic) bond motifs is 1. The van der Waals surface area contributed by atoms with E-state index in [-0.39, 0.29) is 0 Å². The van der Waals surface area contributed by atoms with Gasteiger partial charge < -0.3 is 10.1 Å².